The lowest BCUT2D eigenvalue weighted by molar-refractivity contribution is -0.130. The molecule has 0 radical (unpaired) electrons. The van der Waals surface area contributed by atoms with Gasteiger partial charge in [0.05, 0.1) is 16.4 Å². The van der Waals surface area contributed by atoms with E-state index in [9.17, 15) is 4.79 Å². The molecule has 0 saturated carbocycles. The average molecular weight is 363 g/mol. The van der Waals surface area contributed by atoms with Gasteiger partial charge in [0, 0.05) is 33.2 Å². The molecule has 0 aliphatic carbocycles. The van der Waals surface area contributed by atoms with Gasteiger partial charge in [0.25, 0.3) is 0 Å². The minimum Gasteiger partial charge on any atom is -0.381 e. The van der Waals surface area contributed by atoms with Crippen molar-refractivity contribution in [3.05, 3.63) is 66.0 Å². The number of imidazole rings is 1. The summed E-state index contributed by atoms with van der Waals surface area (Å²) in [6.45, 7) is 1.81. The van der Waals surface area contributed by atoms with Gasteiger partial charge >= 0.3 is 0 Å². The second-order valence-corrected chi connectivity index (χ2v) is 7.14. The normalized spacial score (nSPS) is 16.3. The Labute approximate surface area is 159 Å². The van der Waals surface area contributed by atoms with E-state index in [-0.39, 0.29) is 5.91 Å². The molecule has 2 heterocycles. The molecule has 1 aliphatic heterocycles. The van der Waals surface area contributed by atoms with Gasteiger partial charge in [-0.1, -0.05) is 42.5 Å². The monoisotopic (exact) mass is 363 g/mol. The number of nitrogens with one attached hydrogen (secondary N) is 1. The molecule has 0 bridgehead atoms. The van der Waals surface area contributed by atoms with Crippen molar-refractivity contribution in [1.82, 2.24) is 14.9 Å². The van der Waals surface area contributed by atoms with Gasteiger partial charge in [0.2, 0.25) is 5.91 Å². The Morgan fingerprint density at radius 3 is 2.56 bits per heavy atom. The predicted octanol–water partition coefficient (Wildman–Crippen LogP) is 2.98. The zero-order valence-electron chi connectivity index (χ0n) is 15.6. The molecule has 0 unspecified atom stereocenters. The van der Waals surface area contributed by atoms with Crippen LogP contribution in [-0.4, -0.2) is 35.2 Å². The molecule has 0 spiro atoms. The number of hydrogen-bond donors (Lipinski definition) is 1. The summed E-state index contributed by atoms with van der Waals surface area (Å²) in [6.07, 6.45) is 2.14. The molecular formula is C22H25N3O2. The van der Waals surface area contributed by atoms with Crippen LogP contribution in [0, 0.1) is 0 Å². The molecule has 1 saturated heterocycles. The fourth-order valence-electron chi connectivity index (χ4n) is 4.00. The van der Waals surface area contributed by atoms with Crippen LogP contribution in [0.1, 0.15) is 24.2 Å². The van der Waals surface area contributed by atoms with Gasteiger partial charge in [0.15, 0.2) is 0 Å². The van der Waals surface area contributed by atoms with Crippen molar-refractivity contribution in [3.8, 4) is 0 Å². The molecule has 3 aromatic rings. The van der Waals surface area contributed by atoms with Crippen LogP contribution in [0.3, 0.4) is 0 Å². The number of aryl methyl sites for hydroxylation is 1. The fourth-order valence-corrected chi connectivity index (χ4v) is 4.00. The van der Waals surface area contributed by atoms with Crippen molar-refractivity contribution < 1.29 is 9.53 Å². The van der Waals surface area contributed by atoms with Gasteiger partial charge in [-0.2, -0.15) is 0 Å². The van der Waals surface area contributed by atoms with E-state index in [1.807, 2.05) is 43.4 Å². The first-order chi connectivity index (χ1) is 13.2. The van der Waals surface area contributed by atoms with Crippen molar-refractivity contribution in [2.45, 2.75) is 24.7 Å². The highest BCUT2D eigenvalue weighted by molar-refractivity contribution is 5.88. The van der Waals surface area contributed by atoms with Gasteiger partial charge in [-0.05, 0) is 30.5 Å². The SMILES string of the molecule is Cn1c(CCNC(=O)C2(c3ccccc3)CCOCC2)nc2ccccc21. The third kappa shape index (κ3) is 3.35. The maximum Gasteiger partial charge on any atom is 0.230 e. The molecule has 5 heteroatoms. The summed E-state index contributed by atoms with van der Waals surface area (Å²) in [6, 6.07) is 18.2. The van der Waals surface area contributed by atoms with E-state index in [0.717, 1.165) is 35.3 Å². The third-order valence-electron chi connectivity index (χ3n) is 5.62. The lowest BCUT2D eigenvalue weighted by Crippen LogP contribution is -2.48. The van der Waals surface area contributed by atoms with E-state index in [0.29, 0.717) is 26.2 Å². The first kappa shape index (κ1) is 17.7. The van der Waals surface area contributed by atoms with Crippen LogP contribution in [0.25, 0.3) is 11.0 Å². The predicted molar refractivity (Wildman–Crippen MR) is 106 cm³/mol. The first-order valence-corrected chi connectivity index (χ1v) is 9.53. The quantitative estimate of drug-likeness (QED) is 0.758. The first-order valence-electron chi connectivity index (χ1n) is 9.53. The number of amides is 1. The second kappa shape index (κ2) is 7.53. The molecule has 2 aromatic carbocycles. The maximum atomic E-state index is 13.2. The molecule has 5 nitrogen and oxygen atoms in total. The Bertz CT molecular complexity index is 927. The smallest absolute Gasteiger partial charge is 0.230 e. The number of carbonyl (C=O) groups is 1. The standard InChI is InChI=1S/C22H25N3O2/c1-25-19-10-6-5-9-18(19)24-20(25)11-14-23-21(26)22(12-15-27-16-13-22)17-7-3-2-4-8-17/h2-10H,11-16H2,1H3,(H,23,26). The zero-order chi connectivity index (χ0) is 18.7. The Kier molecular flexibility index (Phi) is 4.94. The highest BCUT2D eigenvalue weighted by Crippen LogP contribution is 2.35. The number of para-hydroxylation sites is 2. The molecular weight excluding hydrogens is 338 g/mol. The summed E-state index contributed by atoms with van der Waals surface area (Å²) in [5, 5.41) is 3.16. The Morgan fingerprint density at radius 1 is 1.11 bits per heavy atom. The highest BCUT2D eigenvalue weighted by atomic mass is 16.5. The molecule has 1 amide bonds. The van der Waals surface area contributed by atoms with E-state index in [1.54, 1.807) is 0 Å². The van der Waals surface area contributed by atoms with Crippen LogP contribution < -0.4 is 5.32 Å². The fraction of sp³-hybridized carbons (Fsp3) is 0.364. The number of carbonyl (C=O) groups excluding carboxylic acids is 1. The number of fused-ring (bicyclic) bond motifs is 1. The number of ether oxygens (including phenoxy) is 1. The third-order valence-corrected chi connectivity index (χ3v) is 5.62. The Morgan fingerprint density at radius 2 is 1.81 bits per heavy atom. The molecule has 1 aromatic heterocycles. The summed E-state index contributed by atoms with van der Waals surface area (Å²) in [7, 11) is 2.02. The summed E-state index contributed by atoms with van der Waals surface area (Å²) in [5.41, 5.74) is 2.69. The largest absolute Gasteiger partial charge is 0.381 e. The number of rotatable bonds is 5. The van der Waals surface area contributed by atoms with Crippen molar-refractivity contribution in [2.24, 2.45) is 7.05 Å². The van der Waals surface area contributed by atoms with Gasteiger partial charge in [-0.25, -0.2) is 4.98 Å². The second-order valence-electron chi connectivity index (χ2n) is 7.14. The number of nitrogens with zero attached hydrogens (tertiary/aromatic N) is 2. The number of benzene rings is 2. The van der Waals surface area contributed by atoms with E-state index in [2.05, 4.69) is 33.1 Å². The molecule has 1 N–H and O–H groups in total. The summed E-state index contributed by atoms with van der Waals surface area (Å²) in [4.78, 5) is 17.9. The molecule has 27 heavy (non-hydrogen) atoms. The van der Waals surface area contributed by atoms with Crippen molar-refractivity contribution in [2.75, 3.05) is 19.8 Å². The van der Waals surface area contributed by atoms with E-state index in [4.69, 9.17) is 4.74 Å². The molecule has 0 atom stereocenters. The maximum absolute atomic E-state index is 13.2. The van der Waals surface area contributed by atoms with Crippen LogP contribution in [0.15, 0.2) is 54.6 Å². The lowest BCUT2D eigenvalue weighted by atomic mass is 9.73. The molecule has 1 fully saturated rings. The van der Waals surface area contributed by atoms with Gasteiger partial charge in [-0.3, -0.25) is 4.79 Å². The minimum absolute atomic E-state index is 0.0933. The molecule has 1 aliphatic rings. The average Bonchev–Trinajstić information content (AvgIpc) is 3.05. The van der Waals surface area contributed by atoms with Crippen molar-refractivity contribution in [1.29, 1.82) is 0 Å². The topological polar surface area (TPSA) is 56.2 Å². The van der Waals surface area contributed by atoms with E-state index < -0.39 is 5.41 Å². The van der Waals surface area contributed by atoms with Gasteiger partial charge in [-0.15, -0.1) is 0 Å². The summed E-state index contributed by atoms with van der Waals surface area (Å²) >= 11 is 0. The van der Waals surface area contributed by atoms with Crippen LogP contribution in [0.4, 0.5) is 0 Å². The van der Waals surface area contributed by atoms with Crippen LogP contribution in [0.2, 0.25) is 0 Å². The van der Waals surface area contributed by atoms with E-state index in [1.165, 1.54) is 0 Å². The van der Waals surface area contributed by atoms with Gasteiger partial charge in [0.1, 0.15) is 5.82 Å². The Hall–Kier alpha value is -2.66. The minimum atomic E-state index is -0.494. The highest BCUT2D eigenvalue weighted by Gasteiger charge is 2.41. The van der Waals surface area contributed by atoms with E-state index >= 15 is 0 Å². The van der Waals surface area contributed by atoms with Gasteiger partial charge < -0.3 is 14.6 Å². The zero-order valence-corrected chi connectivity index (χ0v) is 15.6. The summed E-state index contributed by atoms with van der Waals surface area (Å²) < 4.78 is 7.63. The van der Waals surface area contributed by atoms with Crippen LogP contribution in [0.5, 0.6) is 0 Å². The molecule has 4 rings (SSSR count). The van der Waals surface area contributed by atoms with Crippen LogP contribution in [-0.2, 0) is 28.4 Å². The van der Waals surface area contributed by atoms with Crippen molar-refractivity contribution >= 4 is 16.9 Å². The summed E-state index contributed by atoms with van der Waals surface area (Å²) in [5.74, 6) is 1.08. The lowest BCUT2D eigenvalue weighted by Gasteiger charge is -2.36. The van der Waals surface area contributed by atoms with Crippen LogP contribution >= 0.6 is 0 Å². The number of aromatic nitrogens is 2. The Balaban J connectivity index is 1.48. The number of hydrogen-bond acceptors (Lipinski definition) is 3. The molecule has 140 valence electrons. The van der Waals surface area contributed by atoms with Crippen molar-refractivity contribution in [3.63, 3.8) is 0 Å².